The Kier molecular flexibility index (Phi) is 5.38. The highest BCUT2D eigenvalue weighted by atomic mass is 32.2. The molecule has 138 valence electrons. The fourth-order valence-corrected chi connectivity index (χ4v) is 3.51. The molecule has 0 saturated heterocycles. The zero-order valence-corrected chi connectivity index (χ0v) is 16.3. The highest BCUT2D eigenvalue weighted by Crippen LogP contribution is 2.22. The summed E-state index contributed by atoms with van der Waals surface area (Å²) in [4.78, 5) is 9.29. The maximum absolute atomic E-state index is 12.3. The number of hydrogen-bond donors (Lipinski definition) is 0. The first-order valence-electron chi connectivity index (χ1n) is 8.63. The number of sulfone groups is 1. The van der Waals surface area contributed by atoms with Crippen molar-refractivity contribution in [1.82, 2.24) is 9.97 Å². The predicted molar refractivity (Wildman–Crippen MR) is 109 cm³/mol. The highest BCUT2D eigenvalue weighted by molar-refractivity contribution is 7.92. The van der Waals surface area contributed by atoms with Crippen molar-refractivity contribution >= 4 is 9.84 Å². The molecule has 0 saturated carbocycles. The number of benzene rings is 2. The van der Waals surface area contributed by atoms with E-state index in [1.807, 2.05) is 37.3 Å². The van der Waals surface area contributed by atoms with Crippen LogP contribution in [0, 0.1) is 18.8 Å². The zero-order chi connectivity index (χ0) is 19.4. The molecule has 0 spiro atoms. The van der Waals surface area contributed by atoms with Gasteiger partial charge in [0, 0.05) is 12.6 Å². The van der Waals surface area contributed by atoms with Crippen LogP contribution in [0.5, 0.6) is 0 Å². The zero-order valence-electron chi connectivity index (χ0n) is 15.5. The van der Waals surface area contributed by atoms with E-state index < -0.39 is 15.1 Å². The second kappa shape index (κ2) is 7.73. The molecule has 0 bridgehead atoms. The molecule has 0 amide bonds. The van der Waals surface area contributed by atoms with Gasteiger partial charge in [0.25, 0.3) is 0 Å². The monoisotopic (exact) mass is 378 g/mol. The van der Waals surface area contributed by atoms with Crippen LogP contribution in [0.25, 0.3) is 11.3 Å². The van der Waals surface area contributed by atoms with Crippen molar-refractivity contribution < 1.29 is 9.84 Å². The normalized spacial score (nSPS) is 11.1. The first-order valence-corrected chi connectivity index (χ1v) is 10.2. The summed E-state index contributed by atoms with van der Waals surface area (Å²) in [6.45, 7) is 5.21. The molecular formula is C22H22N2O2S. The Morgan fingerprint density at radius 3 is 2.26 bits per heavy atom. The van der Waals surface area contributed by atoms with Crippen molar-refractivity contribution in [2.75, 3.05) is 0 Å². The molecular weight excluding hydrogens is 356 g/mol. The molecule has 0 atom stereocenters. The quantitative estimate of drug-likeness (QED) is 0.638. The molecule has 1 heterocycles. The summed E-state index contributed by atoms with van der Waals surface area (Å²) in [5.74, 6) is 6.16. The molecule has 0 aliphatic rings. The van der Waals surface area contributed by atoms with Gasteiger partial charge in [-0.05, 0) is 51.0 Å². The van der Waals surface area contributed by atoms with Crippen molar-refractivity contribution in [3.63, 3.8) is 0 Å². The van der Waals surface area contributed by atoms with Gasteiger partial charge in [-0.15, -0.1) is 0 Å². The largest absolute Gasteiger partial charge is 0.256 e. The van der Waals surface area contributed by atoms with E-state index in [1.54, 1.807) is 44.3 Å². The molecule has 5 heteroatoms. The molecule has 2 aromatic carbocycles. The van der Waals surface area contributed by atoms with Gasteiger partial charge < -0.3 is 0 Å². The minimum Gasteiger partial charge on any atom is -0.256 e. The molecule has 4 nitrogen and oxygen atoms in total. The Morgan fingerprint density at radius 2 is 1.63 bits per heavy atom. The van der Waals surface area contributed by atoms with Crippen LogP contribution in [-0.2, 0) is 9.84 Å². The second-order valence-corrected chi connectivity index (χ2v) is 8.93. The van der Waals surface area contributed by atoms with Crippen molar-refractivity contribution in [3.05, 3.63) is 77.7 Å². The number of hydrogen-bond acceptors (Lipinski definition) is 4. The van der Waals surface area contributed by atoms with Crippen molar-refractivity contribution in [2.45, 2.75) is 30.9 Å². The lowest BCUT2D eigenvalue weighted by molar-refractivity contribution is 0.587. The Hall–Kier alpha value is -2.97. The SMILES string of the molecule is Cc1ncc(-c2ccc(S(=O)(=O)C(C)C)cc2)nc1C#Cc1ccccc1.[HH]. The van der Waals surface area contributed by atoms with Crippen molar-refractivity contribution in [1.29, 1.82) is 0 Å². The van der Waals surface area contributed by atoms with Crippen LogP contribution in [0.1, 0.15) is 32.2 Å². The average Bonchev–Trinajstić information content (AvgIpc) is 2.68. The highest BCUT2D eigenvalue weighted by Gasteiger charge is 2.19. The Labute approximate surface area is 161 Å². The molecule has 3 aromatic rings. The Bertz CT molecular complexity index is 1110. The van der Waals surface area contributed by atoms with Crippen LogP contribution < -0.4 is 0 Å². The topological polar surface area (TPSA) is 59.9 Å². The summed E-state index contributed by atoms with van der Waals surface area (Å²) in [6.07, 6.45) is 1.68. The van der Waals surface area contributed by atoms with Gasteiger partial charge in [0.15, 0.2) is 9.84 Å². The maximum Gasteiger partial charge on any atom is 0.180 e. The molecule has 0 fully saturated rings. The first-order chi connectivity index (χ1) is 12.9. The molecule has 27 heavy (non-hydrogen) atoms. The Balaban J connectivity index is 0.00000280. The van der Waals surface area contributed by atoms with E-state index in [1.165, 1.54) is 0 Å². The summed E-state index contributed by atoms with van der Waals surface area (Å²) in [5, 5.41) is -0.456. The average molecular weight is 378 g/mol. The molecule has 0 aliphatic heterocycles. The van der Waals surface area contributed by atoms with E-state index in [2.05, 4.69) is 21.8 Å². The van der Waals surface area contributed by atoms with Crippen LogP contribution in [0.15, 0.2) is 65.7 Å². The third-order valence-corrected chi connectivity index (χ3v) is 6.32. The fourth-order valence-electron chi connectivity index (χ4n) is 2.45. The molecule has 0 unspecified atom stereocenters. The van der Waals surface area contributed by atoms with Gasteiger partial charge in [0.2, 0.25) is 0 Å². The van der Waals surface area contributed by atoms with E-state index in [0.29, 0.717) is 16.3 Å². The molecule has 0 aliphatic carbocycles. The van der Waals surface area contributed by atoms with Gasteiger partial charge >= 0.3 is 0 Å². The standard InChI is InChI=1S/C22H20N2O2S.H2/c1-16(2)27(25,26)20-12-10-19(11-13-20)22-15-23-17(3)21(24-22)14-9-18-7-5-4-6-8-18;/h4-8,10-13,15-16H,1-3H3;1H. The molecule has 0 radical (unpaired) electrons. The molecule has 3 rings (SSSR count). The van der Waals surface area contributed by atoms with Crippen LogP contribution in [-0.4, -0.2) is 23.6 Å². The number of nitrogens with zero attached hydrogens (tertiary/aromatic N) is 2. The van der Waals surface area contributed by atoms with Gasteiger partial charge in [0.05, 0.1) is 27.7 Å². The fraction of sp³-hybridized carbons (Fsp3) is 0.182. The molecule has 0 N–H and O–H groups in total. The summed E-state index contributed by atoms with van der Waals surface area (Å²) in [7, 11) is -3.29. The van der Waals surface area contributed by atoms with Crippen LogP contribution in [0.3, 0.4) is 0 Å². The number of rotatable bonds is 3. The lowest BCUT2D eigenvalue weighted by Gasteiger charge is -2.09. The smallest absolute Gasteiger partial charge is 0.180 e. The van der Waals surface area contributed by atoms with Gasteiger partial charge in [-0.25, -0.2) is 13.4 Å². The van der Waals surface area contributed by atoms with E-state index in [9.17, 15) is 8.42 Å². The van der Waals surface area contributed by atoms with E-state index >= 15 is 0 Å². The first kappa shape index (κ1) is 18.8. The van der Waals surface area contributed by atoms with E-state index in [0.717, 1.165) is 16.8 Å². The minimum atomic E-state index is -3.29. The van der Waals surface area contributed by atoms with Gasteiger partial charge in [-0.1, -0.05) is 36.3 Å². The van der Waals surface area contributed by atoms with Gasteiger partial charge in [0.1, 0.15) is 5.69 Å². The molecule has 1 aromatic heterocycles. The third-order valence-electron chi connectivity index (χ3n) is 4.15. The maximum atomic E-state index is 12.3. The lowest BCUT2D eigenvalue weighted by atomic mass is 10.1. The van der Waals surface area contributed by atoms with Gasteiger partial charge in [-0.3, -0.25) is 4.98 Å². The third kappa shape index (κ3) is 4.24. The van der Waals surface area contributed by atoms with Crippen molar-refractivity contribution in [3.8, 4) is 23.1 Å². The Morgan fingerprint density at radius 1 is 0.963 bits per heavy atom. The summed E-state index contributed by atoms with van der Waals surface area (Å²) < 4.78 is 24.5. The predicted octanol–water partition coefficient (Wildman–Crippen LogP) is 4.28. The van der Waals surface area contributed by atoms with Gasteiger partial charge in [-0.2, -0.15) is 0 Å². The van der Waals surface area contributed by atoms with Crippen LogP contribution in [0.4, 0.5) is 0 Å². The lowest BCUT2D eigenvalue weighted by Crippen LogP contribution is -2.13. The van der Waals surface area contributed by atoms with E-state index in [-0.39, 0.29) is 1.43 Å². The van der Waals surface area contributed by atoms with Crippen molar-refractivity contribution in [2.24, 2.45) is 0 Å². The van der Waals surface area contributed by atoms with Crippen LogP contribution in [0.2, 0.25) is 0 Å². The van der Waals surface area contributed by atoms with Crippen LogP contribution >= 0.6 is 0 Å². The summed E-state index contributed by atoms with van der Waals surface area (Å²) in [5.41, 5.74) is 3.73. The summed E-state index contributed by atoms with van der Waals surface area (Å²) in [6, 6.07) is 16.4. The second-order valence-electron chi connectivity index (χ2n) is 6.42. The number of aromatic nitrogens is 2. The minimum absolute atomic E-state index is 0. The summed E-state index contributed by atoms with van der Waals surface area (Å²) >= 11 is 0. The van der Waals surface area contributed by atoms with E-state index in [4.69, 9.17) is 0 Å². The number of aryl methyl sites for hydroxylation is 1.